The SMILES string of the molecule is O=S1(=O)CC(S(=O)(=O)c2ccccc2)c2ccc(OCc3ccccc3)cc21. The van der Waals surface area contributed by atoms with E-state index in [0.717, 1.165) is 5.56 Å². The summed E-state index contributed by atoms with van der Waals surface area (Å²) in [6.45, 7) is 0.297. The summed E-state index contributed by atoms with van der Waals surface area (Å²) in [6, 6.07) is 22.0. The third-order valence-electron chi connectivity index (χ3n) is 4.73. The molecule has 28 heavy (non-hydrogen) atoms. The van der Waals surface area contributed by atoms with Crippen molar-refractivity contribution in [1.29, 1.82) is 0 Å². The normalized spacial score (nSPS) is 17.8. The van der Waals surface area contributed by atoms with Gasteiger partial charge in [0.2, 0.25) is 0 Å². The standard InChI is InChI=1S/C21H18O5S2/c22-27(23)15-21(28(24,25)18-9-5-2-6-10-18)19-12-11-17(13-20(19)27)26-14-16-7-3-1-4-8-16/h1-13,21H,14-15H2. The molecule has 0 fully saturated rings. The average Bonchev–Trinajstić information content (AvgIpc) is 2.99. The van der Waals surface area contributed by atoms with Crippen molar-refractivity contribution in [1.82, 2.24) is 0 Å². The van der Waals surface area contributed by atoms with Crippen LogP contribution in [0.5, 0.6) is 5.75 Å². The van der Waals surface area contributed by atoms with Crippen LogP contribution in [0.15, 0.2) is 88.7 Å². The van der Waals surface area contributed by atoms with Gasteiger partial charge in [0.15, 0.2) is 19.7 Å². The first-order valence-electron chi connectivity index (χ1n) is 8.70. The molecule has 3 aromatic rings. The minimum Gasteiger partial charge on any atom is -0.489 e. The molecule has 7 heteroatoms. The van der Waals surface area contributed by atoms with Crippen LogP contribution in [-0.4, -0.2) is 22.6 Å². The molecule has 1 aliphatic rings. The predicted molar refractivity (Wildman–Crippen MR) is 106 cm³/mol. The zero-order valence-electron chi connectivity index (χ0n) is 14.9. The highest BCUT2D eigenvalue weighted by molar-refractivity contribution is 7.96. The minimum atomic E-state index is -3.81. The molecule has 0 saturated carbocycles. The van der Waals surface area contributed by atoms with Gasteiger partial charge in [-0.1, -0.05) is 54.6 Å². The fourth-order valence-electron chi connectivity index (χ4n) is 3.29. The van der Waals surface area contributed by atoms with E-state index in [2.05, 4.69) is 0 Å². The highest BCUT2D eigenvalue weighted by Crippen LogP contribution is 2.42. The van der Waals surface area contributed by atoms with Crippen LogP contribution in [0.25, 0.3) is 0 Å². The van der Waals surface area contributed by atoms with E-state index in [9.17, 15) is 16.8 Å². The average molecular weight is 415 g/mol. The number of benzene rings is 3. The number of fused-ring (bicyclic) bond motifs is 1. The zero-order valence-corrected chi connectivity index (χ0v) is 16.5. The summed E-state index contributed by atoms with van der Waals surface area (Å²) in [7, 11) is -7.52. The summed E-state index contributed by atoms with van der Waals surface area (Å²) in [5.74, 6) is -0.0641. The Morgan fingerprint density at radius 3 is 2.21 bits per heavy atom. The van der Waals surface area contributed by atoms with Crippen LogP contribution < -0.4 is 4.74 Å². The Bertz CT molecular complexity index is 1200. The Morgan fingerprint density at radius 2 is 1.54 bits per heavy atom. The van der Waals surface area contributed by atoms with Crippen LogP contribution in [0.3, 0.4) is 0 Å². The lowest BCUT2D eigenvalue weighted by atomic mass is 10.1. The van der Waals surface area contributed by atoms with Gasteiger partial charge in [0.25, 0.3) is 0 Å². The van der Waals surface area contributed by atoms with Gasteiger partial charge in [-0.15, -0.1) is 0 Å². The van der Waals surface area contributed by atoms with Crippen molar-refractivity contribution < 1.29 is 21.6 Å². The lowest BCUT2D eigenvalue weighted by Gasteiger charge is -2.12. The van der Waals surface area contributed by atoms with Crippen molar-refractivity contribution >= 4 is 19.7 Å². The molecule has 5 nitrogen and oxygen atoms in total. The Labute approximate surface area is 164 Å². The number of ether oxygens (including phenoxy) is 1. The number of rotatable bonds is 5. The fourth-order valence-corrected chi connectivity index (χ4v) is 7.65. The third kappa shape index (κ3) is 3.43. The van der Waals surface area contributed by atoms with Gasteiger partial charge in [0, 0.05) is 0 Å². The van der Waals surface area contributed by atoms with Gasteiger partial charge in [-0.3, -0.25) is 0 Å². The fraction of sp³-hybridized carbons (Fsp3) is 0.143. The Morgan fingerprint density at radius 1 is 0.893 bits per heavy atom. The topological polar surface area (TPSA) is 77.5 Å². The van der Waals surface area contributed by atoms with Crippen LogP contribution >= 0.6 is 0 Å². The Hall–Kier alpha value is -2.64. The molecular weight excluding hydrogens is 396 g/mol. The maximum Gasteiger partial charge on any atom is 0.186 e. The van der Waals surface area contributed by atoms with E-state index in [-0.39, 0.29) is 9.79 Å². The molecular formula is C21H18O5S2. The summed E-state index contributed by atoms with van der Waals surface area (Å²) < 4.78 is 57.0. The molecule has 1 unspecified atom stereocenters. The van der Waals surface area contributed by atoms with Crippen molar-refractivity contribution in [3.05, 3.63) is 90.0 Å². The molecule has 3 aromatic carbocycles. The van der Waals surface area contributed by atoms with Gasteiger partial charge in [-0.05, 0) is 35.4 Å². The Balaban J connectivity index is 1.67. The lowest BCUT2D eigenvalue weighted by Crippen LogP contribution is -2.15. The smallest absolute Gasteiger partial charge is 0.186 e. The molecule has 1 atom stereocenters. The van der Waals surface area contributed by atoms with Crippen LogP contribution in [0.4, 0.5) is 0 Å². The van der Waals surface area contributed by atoms with Crippen LogP contribution in [0.2, 0.25) is 0 Å². The van der Waals surface area contributed by atoms with E-state index in [0.29, 0.717) is 17.9 Å². The lowest BCUT2D eigenvalue weighted by molar-refractivity contribution is 0.305. The van der Waals surface area contributed by atoms with E-state index in [4.69, 9.17) is 4.74 Å². The number of sulfone groups is 2. The first kappa shape index (κ1) is 18.7. The molecule has 0 aromatic heterocycles. The molecule has 0 N–H and O–H groups in total. The van der Waals surface area contributed by atoms with Crippen LogP contribution in [0, 0.1) is 0 Å². The predicted octanol–water partition coefficient (Wildman–Crippen LogP) is 3.57. The summed E-state index contributed by atoms with van der Waals surface area (Å²) in [4.78, 5) is 0.148. The highest BCUT2D eigenvalue weighted by atomic mass is 32.2. The molecule has 1 heterocycles. The van der Waals surface area contributed by atoms with Gasteiger partial charge < -0.3 is 4.74 Å². The van der Waals surface area contributed by atoms with Gasteiger partial charge in [0.05, 0.1) is 15.5 Å². The first-order chi connectivity index (χ1) is 13.4. The number of hydrogen-bond donors (Lipinski definition) is 0. The second-order valence-corrected chi connectivity index (χ2v) is 10.7. The highest BCUT2D eigenvalue weighted by Gasteiger charge is 2.43. The van der Waals surface area contributed by atoms with Crippen LogP contribution in [0.1, 0.15) is 16.4 Å². The Kier molecular flexibility index (Phi) is 4.72. The monoisotopic (exact) mass is 414 g/mol. The van der Waals surface area contributed by atoms with Crippen molar-refractivity contribution in [2.45, 2.75) is 21.6 Å². The second-order valence-electron chi connectivity index (χ2n) is 6.60. The molecule has 0 spiro atoms. The maximum atomic E-state index is 13.0. The van der Waals surface area contributed by atoms with Crippen molar-refractivity contribution in [2.75, 3.05) is 5.75 Å². The third-order valence-corrected chi connectivity index (χ3v) is 8.84. The van der Waals surface area contributed by atoms with E-state index in [1.165, 1.54) is 18.2 Å². The molecule has 0 saturated heterocycles. The van der Waals surface area contributed by atoms with Crippen molar-refractivity contribution in [2.24, 2.45) is 0 Å². The van der Waals surface area contributed by atoms with Crippen molar-refractivity contribution in [3.8, 4) is 5.75 Å². The molecule has 4 rings (SSSR count). The molecule has 1 aliphatic heterocycles. The van der Waals surface area contributed by atoms with Gasteiger partial charge in [-0.2, -0.15) is 0 Å². The number of hydrogen-bond acceptors (Lipinski definition) is 5. The quantitative estimate of drug-likeness (QED) is 0.638. The van der Waals surface area contributed by atoms with E-state index < -0.39 is 30.7 Å². The second kappa shape index (κ2) is 7.07. The molecule has 0 bridgehead atoms. The molecule has 0 amide bonds. The minimum absolute atomic E-state index is 0.0302. The molecule has 144 valence electrons. The zero-order chi connectivity index (χ0) is 19.8. The summed E-state index contributed by atoms with van der Waals surface area (Å²) in [5.41, 5.74) is 1.26. The summed E-state index contributed by atoms with van der Waals surface area (Å²) in [6.07, 6.45) is 0. The molecule has 0 radical (unpaired) electrons. The van der Waals surface area contributed by atoms with Gasteiger partial charge >= 0.3 is 0 Å². The van der Waals surface area contributed by atoms with E-state index in [1.54, 1.807) is 30.3 Å². The van der Waals surface area contributed by atoms with E-state index >= 15 is 0 Å². The van der Waals surface area contributed by atoms with Gasteiger partial charge in [-0.25, -0.2) is 16.8 Å². The largest absolute Gasteiger partial charge is 0.489 e. The summed E-state index contributed by atoms with van der Waals surface area (Å²) >= 11 is 0. The van der Waals surface area contributed by atoms with E-state index in [1.807, 2.05) is 30.3 Å². The first-order valence-corrected chi connectivity index (χ1v) is 11.9. The molecule has 0 aliphatic carbocycles. The van der Waals surface area contributed by atoms with Crippen LogP contribution in [-0.2, 0) is 26.3 Å². The van der Waals surface area contributed by atoms with Crippen molar-refractivity contribution in [3.63, 3.8) is 0 Å². The summed E-state index contributed by atoms with van der Waals surface area (Å²) in [5, 5.41) is -1.11. The van der Waals surface area contributed by atoms with Gasteiger partial charge in [0.1, 0.15) is 17.6 Å². The maximum absolute atomic E-state index is 13.0.